The van der Waals surface area contributed by atoms with E-state index in [1.165, 1.54) is 17.7 Å². The fourth-order valence-electron chi connectivity index (χ4n) is 2.36. The summed E-state index contributed by atoms with van der Waals surface area (Å²) in [7, 11) is 0. The Labute approximate surface area is 124 Å². The van der Waals surface area contributed by atoms with Crippen molar-refractivity contribution in [2.75, 3.05) is 0 Å². The fourth-order valence-corrected chi connectivity index (χ4v) is 2.55. The van der Waals surface area contributed by atoms with E-state index < -0.39 is 6.10 Å². The normalized spacial score (nSPS) is 12.5. The Kier molecular flexibility index (Phi) is 4.46. The molecule has 1 atom stereocenters. The first-order valence-corrected chi connectivity index (χ1v) is 6.96. The summed E-state index contributed by atoms with van der Waals surface area (Å²) < 4.78 is 13.7. The monoisotopic (exact) mass is 292 g/mol. The summed E-state index contributed by atoms with van der Waals surface area (Å²) >= 11 is 5.88. The first kappa shape index (κ1) is 15.0. The SMILES string of the molecule is Cc1cc(C)c(C(O)Cc2cc(Cl)ccc2F)cc1C. The molecule has 2 aromatic rings. The van der Waals surface area contributed by atoms with Crippen LogP contribution in [0.5, 0.6) is 0 Å². The van der Waals surface area contributed by atoms with Crippen LogP contribution in [0.4, 0.5) is 4.39 Å². The van der Waals surface area contributed by atoms with Crippen molar-refractivity contribution in [1.29, 1.82) is 0 Å². The van der Waals surface area contributed by atoms with Gasteiger partial charge < -0.3 is 5.11 Å². The zero-order valence-corrected chi connectivity index (χ0v) is 12.6. The largest absolute Gasteiger partial charge is 0.388 e. The first-order chi connectivity index (χ1) is 9.38. The Balaban J connectivity index is 2.30. The minimum atomic E-state index is -0.734. The fraction of sp³-hybridized carbons (Fsp3) is 0.294. The Morgan fingerprint density at radius 1 is 1.05 bits per heavy atom. The van der Waals surface area contributed by atoms with Crippen molar-refractivity contribution >= 4 is 11.6 Å². The number of aliphatic hydroxyl groups excluding tert-OH is 1. The third-order valence-electron chi connectivity index (χ3n) is 3.66. The Bertz CT molecular complexity index is 637. The highest BCUT2D eigenvalue weighted by atomic mass is 35.5. The van der Waals surface area contributed by atoms with E-state index in [9.17, 15) is 9.50 Å². The van der Waals surface area contributed by atoms with Gasteiger partial charge in [-0.3, -0.25) is 0 Å². The number of hydrogen-bond acceptors (Lipinski definition) is 1. The molecular formula is C17H18ClFO. The predicted molar refractivity (Wildman–Crippen MR) is 80.7 cm³/mol. The zero-order valence-electron chi connectivity index (χ0n) is 11.9. The van der Waals surface area contributed by atoms with Crippen LogP contribution in [0.1, 0.15) is 33.9 Å². The second-order valence-corrected chi connectivity index (χ2v) is 5.69. The summed E-state index contributed by atoms with van der Waals surface area (Å²) in [6.45, 7) is 6.00. The maximum Gasteiger partial charge on any atom is 0.126 e. The molecule has 0 aliphatic heterocycles. The van der Waals surface area contributed by atoms with E-state index >= 15 is 0 Å². The highest BCUT2D eigenvalue weighted by Gasteiger charge is 2.15. The van der Waals surface area contributed by atoms with Crippen LogP contribution in [0, 0.1) is 26.6 Å². The molecule has 0 saturated heterocycles. The molecule has 0 amide bonds. The molecule has 1 nitrogen and oxygen atoms in total. The van der Waals surface area contributed by atoms with Crippen molar-refractivity contribution in [2.45, 2.75) is 33.3 Å². The van der Waals surface area contributed by atoms with Crippen LogP contribution in [-0.2, 0) is 6.42 Å². The Morgan fingerprint density at radius 3 is 2.40 bits per heavy atom. The summed E-state index contributed by atoms with van der Waals surface area (Å²) in [5.74, 6) is -0.338. The molecule has 20 heavy (non-hydrogen) atoms. The molecule has 0 fully saturated rings. The van der Waals surface area contributed by atoms with Gasteiger partial charge in [0, 0.05) is 11.4 Å². The number of rotatable bonds is 3. The molecular weight excluding hydrogens is 275 g/mol. The second-order valence-electron chi connectivity index (χ2n) is 5.25. The lowest BCUT2D eigenvalue weighted by Crippen LogP contribution is -2.06. The maximum absolute atomic E-state index is 13.7. The van der Waals surface area contributed by atoms with Crippen LogP contribution < -0.4 is 0 Å². The third-order valence-corrected chi connectivity index (χ3v) is 3.90. The van der Waals surface area contributed by atoms with Gasteiger partial charge in [0.25, 0.3) is 0 Å². The molecule has 0 aliphatic carbocycles. The van der Waals surface area contributed by atoms with Gasteiger partial charge in [0.2, 0.25) is 0 Å². The number of aryl methyl sites for hydroxylation is 3. The maximum atomic E-state index is 13.7. The van der Waals surface area contributed by atoms with Crippen LogP contribution in [0.15, 0.2) is 30.3 Å². The predicted octanol–water partition coefficient (Wildman–Crippen LogP) is 4.68. The van der Waals surface area contributed by atoms with Gasteiger partial charge >= 0.3 is 0 Å². The van der Waals surface area contributed by atoms with Gasteiger partial charge in [-0.1, -0.05) is 23.7 Å². The minimum Gasteiger partial charge on any atom is -0.388 e. The number of halogens is 2. The van der Waals surface area contributed by atoms with E-state index in [0.717, 1.165) is 16.7 Å². The average molecular weight is 293 g/mol. The van der Waals surface area contributed by atoms with E-state index in [0.29, 0.717) is 10.6 Å². The Hall–Kier alpha value is -1.38. The minimum absolute atomic E-state index is 0.218. The van der Waals surface area contributed by atoms with Crippen LogP contribution in [0.3, 0.4) is 0 Å². The van der Waals surface area contributed by atoms with Crippen molar-refractivity contribution in [3.8, 4) is 0 Å². The average Bonchev–Trinajstić information content (AvgIpc) is 2.38. The standard InChI is InChI=1S/C17H18ClFO/c1-10-6-12(3)15(7-11(10)2)17(20)9-13-8-14(18)4-5-16(13)19/h4-8,17,20H,9H2,1-3H3. The lowest BCUT2D eigenvalue weighted by Gasteiger charge is -2.16. The molecule has 0 aromatic heterocycles. The molecule has 0 bridgehead atoms. The molecule has 3 heteroatoms. The van der Waals surface area contributed by atoms with E-state index in [1.807, 2.05) is 32.9 Å². The molecule has 2 aromatic carbocycles. The summed E-state index contributed by atoms with van der Waals surface area (Å²) in [6, 6.07) is 8.42. The molecule has 106 valence electrons. The summed E-state index contributed by atoms with van der Waals surface area (Å²) in [5.41, 5.74) is 4.60. The molecule has 2 rings (SSSR count). The van der Waals surface area contributed by atoms with Gasteiger partial charge in [0.05, 0.1) is 6.10 Å². The summed E-state index contributed by atoms with van der Waals surface area (Å²) in [4.78, 5) is 0. The molecule has 0 spiro atoms. The Morgan fingerprint density at radius 2 is 1.70 bits per heavy atom. The lowest BCUT2D eigenvalue weighted by molar-refractivity contribution is 0.176. The second kappa shape index (κ2) is 5.94. The topological polar surface area (TPSA) is 20.2 Å². The van der Waals surface area contributed by atoms with Crippen molar-refractivity contribution in [1.82, 2.24) is 0 Å². The van der Waals surface area contributed by atoms with Gasteiger partial charge in [0.1, 0.15) is 5.82 Å². The summed E-state index contributed by atoms with van der Waals surface area (Å²) in [5, 5.41) is 10.9. The zero-order chi connectivity index (χ0) is 14.9. The molecule has 0 saturated carbocycles. The van der Waals surface area contributed by atoms with Crippen molar-refractivity contribution in [2.24, 2.45) is 0 Å². The molecule has 1 unspecified atom stereocenters. The van der Waals surface area contributed by atoms with Gasteiger partial charge in [-0.25, -0.2) is 4.39 Å². The summed E-state index contributed by atoms with van der Waals surface area (Å²) in [6.07, 6.45) is -0.516. The third kappa shape index (κ3) is 3.20. The van der Waals surface area contributed by atoms with Crippen LogP contribution >= 0.6 is 11.6 Å². The number of aliphatic hydroxyl groups is 1. The van der Waals surface area contributed by atoms with E-state index in [-0.39, 0.29) is 12.2 Å². The molecule has 0 radical (unpaired) electrons. The first-order valence-electron chi connectivity index (χ1n) is 6.58. The van der Waals surface area contributed by atoms with Gasteiger partial charge in [-0.05, 0) is 66.8 Å². The number of benzene rings is 2. The smallest absolute Gasteiger partial charge is 0.126 e. The van der Waals surface area contributed by atoms with E-state index in [4.69, 9.17) is 11.6 Å². The quantitative estimate of drug-likeness (QED) is 0.871. The van der Waals surface area contributed by atoms with Gasteiger partial charge in [-0.15, -0.1) is 0 Å². The molecule has 1 N–H and O–H groups in total. The van der Waals surface area contributed by atoms with Crippen molar-refractivity contribution in [3.63, 3.8) is 0 Å². The lowest BCUT2D eigenvalue weighted by atomic mass is 9.94. The van der Waals surface area contributed by atoms with Gasteiger partial charge in [0.15, 0.2) is 0 Å². The van der Waals surface area contributed by atoms with Crippen LogP contribution in [0.25, 0.3) is 0 Å². The van der Waals surface area contributed by atoms with E-state index in [2.05, 4.69) is 0 Å². The van der Waals surface area contributed by atoms with E-state index in [1.54, 1.807) is 6.07 Å². The molecule has 0 heterocycles. The van der Waals surface area contributed by atoms with Crippen molar-refractivity contribution < 1.29 is 9.50 Å². The highest BCUT2D eigenvalue weighted by Crippen LogP contribution is 2.26. The van der Waals surface area contributed by atoms with Gasteiger partial charge in [-0.2, -0.15) is 0 Å². The van der Waals surface area contributed by atoms with Crippen molar-refractivity contribution in [3.05, 3.63) is 69.0 Å². The van der Waals surface area contributed by atoms with Crippen LogP contribution in [-0.4, -0.2) is 5.11 Å². The molecule has 0 aliphatic rings. The highest BCUT2D eigenvalue weighted by molar-refractivity contribution is 6.30. The number of hydrogen-bond donors (Lipinski definition) is 1. The van der Waals surface area contributed by atoms with Crippen LogP contribution in [0.2, 0.25) is 5.02 Å².